The number of alkyl halides is 3. The Kier molecular flexibility index (Phi) is 6.75. The van der Waals surface area contributed by atoms with E-state index in [0.29, 0.717) is 11.6 Å². The van der Waals surface area contributed by atoms with Gasteiger partial charge in [-0.1, -0.05) is 12.1 Å². The zero-order chi connectivity index (χ0) is 26.7. The van der Waals surface area contributed by atoms with Gasteiger partial charge in [-0.25, -0.2) is 4.39 Å². The summed E-state index contributed by atoms with van der Waals surface area (Å²) in [6, 6.07) is 13.7. The first kappa shape index (κ1) is 25.1. The van der Waals surface area contributed by atoms with Gasteiger partial charge in [0.15, 0.2) is 0 Å². The lowest BCUT2D eigenvalue weighted by Gasteiger charge is -2.12. The van der Waals surface area contributed by atoms with E-state index >= 15 is 0 Å². The molecule has 2 aromatic carbocycles. The van der Waals surface area contributed by atoms with E-state index < -0.39 is 34.6 Å². The molecular weight excluding hydrogens is 492 g/mol. The summed E-state index contributed by atoms with van der Waals surface area (Å²) in [5.41, 5.74) is -1.86. The van der Waals surface area contributed by atoms with Crippen LogP contribution in [0.4, 0.5) is 23.2 Å². The number of halogens is 4. The largest absolute Gasteiger partial charge is 0.438 e. The van der Waals surface area contributed by atoms with Crippen LogP contribution in [0.15, 0.2) is 77.2 Å². The first-order valence-corrected chi connectivity index (χ1v) is 10.6. The average molecular weight is 508 g/mol. The van der Waals surface area contributed by atoms with Gasteiger partial charge in [0.25, 0.3) is 11.5 Å². The number of hydrogen-bond donors (Lipinski definition) is 1. The molecule has 0 bridgehead atoms. The third-order valence-electron chi connectivity index (χ3n) is 5.18. The summed E-state index contributed by atoms with van der Waals surface area (Å²) in [5, 5.41) is 11.8. The van der Waals surface area contributed by atoms with Crippen molar-refractivity contribution in [3.8, 4) is 17.7 Å². The summed E-state index contributed by atoms with van der Waals surface area (Å²) in [6.45, 7) is 1.71. The number of carbonyl (C=O) groups is 1. The number of anilines is 1. The highest BCUT2D eigenvalue weighted by Crippen LogP contribution is 2.31. The third-order valence-corrected chi connectivity index (χ3v) is 5.18. The number of benzene rings is 2. The second kappa shape index (κ2) is 9.94. The fourth-order valence-corrected chi connectivity index (χ4v) is 3.37. The van der Waals surface area contributed by atoms with Crippen molar-refractivity contribution in [1.82, 2.24) is 9.38 Å². The first-order chi connectivity index (χ1) is 17.6. The number of nitrogens with one attached hydrogen (secondary N) is 1. The lowest BCUT2D eigenvalue weighted by atomic mass is 10.1. The molecule has 0 saturated heterocycles. The smallest absolute Gasteiger partial charge is 0.416 e. The van der Waals surface area contributed by atoms with Gasteiger partial charge in [-0.3, -0.25) is 14.0 Å². The molecule has 2 heterocycles. The zero-order valence-electron chi connectivity index (χ0n) is 19.0. The minimum Gasteiger partial charge on any atom is -0.438 e. The number of rotatable bonds is 5. The highest BCUT2D eigenvalue weighted by atomic mass is 19.4. The summed E-state index contributed by atoms with van der Waals surface area (Å²) >= 11 is 0. The molecule has 1 N–H and O–H groups in total. The van der Waals surface area contributed by atoms with Crippen molar-refractivity contribution < 1.29 is 27.1 Å². The number of aryl methyl sites for hydroxylation is 1. The van der Waals surface area contributed by atoms with Crippen LogP contribution in [0.3, 0.4) is 0 Å². The van der Waals surface area contributed by atoms with Crippen molar-refractivity contribution in [2.45, 2.75) is 13.1 Å². The second-order valence-electron chi connectivity index (χ2n) is 7.78. The van der Waals surface area contributed by atoms with Crippen LogP contribution in [-0.2, 0) is 11.0 Å². The van der Waals surface area contributed by atoms with Crippen LogP contribution in [0, 0.1) is 24.1 Å². The van der Waals surface area contributed by atoms with Gasteiger partial charge in [0.1, 0.15) is 34.4 Å². The maximum Gasteiger partial charge on any atom is 0.416 e. The number of nitrogens with zero attached hydrogens (tertiary/aromatic N) is 3. The topological polar surface area (TPSA) is 96.5 Å². The Morgan fingerprint density at radius 2 is 1.86 bits per heavy atom. The molecule has 0 aliphatic heterocycles. The van der Waals surface area contributed by atoms with E-state index in [4.69, 9.17) is 4.74 Å². The van der Waals surface area contributed by atoms with Gasteiger partial charge >= 0.3 is 6.18 Å². The van der Waals surface area contributed by atoms with Crippen LogP contribution in [0.1, 0.15) is 16.7 Å². The zero-order valence-corrected chi connectivity index (χ0v) is 19.0. The van der Waals surface area contributed by atoms with E-state index in [1.165, 1.54) is 28.8 Å². The van der Waals surface area contributed by atoms with Gasteiger partial charge in [-0.15, -0.1) is 0 Å². The second-order valence-corrected chi connectivity index (χ2v) is 7.78. The Balaban J connectivity index is 1.79. The Labute approximate surface area is 206 Å². The van der Waals surface area contributed by atoms with Gasteiger partial charge in [0.05, 0.1) is 5.56 Å². The number of fused-ring (bicyclic) bond motifs is 1. The van der Waals surface area contributed by atoms with Crippen molar-refractivity contribution in [3.05, 3.63) is 105 Å². The number of amides is 1. The number of carbonyl (C=O) groups excluding carboxylic acids is 1. The van der Waals surface area contributed by atoms with Gasteiger partial charge in [0.2, 0.25) is 5.88 Å². The lowest BCUT2D eigenvalue weighted by Crippen LogP contribution is -2.21. The Morgan fingerprint density at radius 3 is 2.54 bits per heavy atom. The quantitative estimate of drug-likeness (QED) is 0.218. The molecule has 0 saturated carbocycles. The molecule has 0 aliphatic carbocycles. The Bertz CT molecular complexity index is 1640. The van der Waals surface area contributed by atoms with E-state index in [-0.39, 0.29) is 28.5 Å². The predicted molar refractivity (Wildman–Crippen MR) is 126 cm³/mol. The summed E-state index contributed by atoms with van der Waals surface area (Å²) < 4.78 is 59.3. The molecule has 7 nitrogen and oxygen atoms in total. The standard InChI is InChI=1S/C26H16F4N4O3/c1-15-4-3-11-34-22(15)33-24(37-20-9-7-18(27)8-10-20)21(25(34)36)12-16(14-31)23(35)32-19-6-2-5-17(13-19)26(28,29)30/h2-13H,1H3,(H,32,35)/b16-12-. The maximum atomic E-state index is 13.3. The van der Waals surface area contributed by atoms with Crippen LogP contribution in [0.5, 0.6) is 11.6 Å². The Morgan fingerprint density at radius 1 is 1.14 bits per heavy atom. The highest BCUT2D eigenvalue weighted by Gasteiger charge is 2.30. The molecule has 0 spiro atoms. The van der Waals surface area contributed by atoms with Gasteiger partial charge < -0.3 is 10.1 Å². The van der Waals surface area contributed by atoms with Crippen molar-refractivity contribution in [2.75, 3.05) is 5.32 Å². The van der Waals surface area contributed by atoms with Crippen molar-refractivity contribution >= 4 is 23.3 Å². The SMILES string of the molecule is Cc1cccn2c(=O)c(/C=C(/C#N)C(=O)Nc3cccc(C(F)(F)F)c3)c(Oc3ccc(F)cc3)nc12. The highest BCUT2D eigenvalue weighted by molar-refractivity contribution is 6.09. The van der Waals surface area contributed by atoms with Crippen LogP contribution < -0.4 is 15.6 Å². The predicted octanol–water partition coefficient (Wildman–Crippen LogP) is 5.50. The number of nitriles is 1. The van der Waals surface area contributed by atoms with Crippen molar-refractivity contribution in [3.63, 3.8) is 0 Å². The minimum atomic E-state index is -4.63. The third kappa shape index (κ3) is 5.48. The molecule has 0 atom stereocenters. The number of hydrogen-bond acceptors (Lipinski definition) is 5. The van der Waals surface area contributed by atoms with E-state index in [1.807, 2.05) is 0 Å². The molecule has 1 amide bonds. The van der Waals surface area contributed by atoms with Crippen LogP contribution in [-0.4, -0.2) is 15.3 Å². The summed E-state index contributed by atoms with van der Waals surface area (Å²) in [5.74, 6) is -1.70. The van der Waals surface area contributed by atoms with Gasteiger partial charge in [-0.2, -0.15) is 23.4 Å². The van der Waals surface area contributed by atoms with Gasteiger partial charge in [0, 0.05) is 11.9 Å². The first-order valence-electron chi connectivity index (χ1n) is 10.6. The monoisotopic (exact) mass is 508 g/mol. The molecule has 37 heavy (non-hydrogen) atoms. The Hall–Kier alpha value is -4.98. The fourth-order valence-electron chi connectivity index (χ4n) is 3.37. The van der Waals surface area contributed by atoms with Crippen LogP contribution in [0.25, 0.3) is 11.7 Å². The summed E-state index contributed by atoms with van der Waals surface area (Å²) in [6.07, 6.45) is -2.26. The minimum absolute atomic E-state index is 0.132. The normalized spacial score (nSPS) is 11.7. The number of pyridine rings is 1. The molecule has 11 heteroatoms. The molecule has 0 aliphatic rings. The number of aromatic nitrogens is 2. The van der Waals surface area contributed by atoms with Crippen LogP contribution in [0.2, 0.25) is 0 Å². The molecular formula is C26H16F4N4O3. The molecule has 0 radical (unpaired) electrons. The molecule has 0 fully saturated rings. The summed E-state index contributed by atoms with van der Waals surface area (Å²) in [7, 11) is 0. The maximum absolute atomic E-state index is 13.3. The van der Waals surface area contributed by atoms with Crippen molar-refractivity contribution in [1.29, 1.82) is 5.26 Å². The van der Waals surface area contributed by atoms with Crippen molar-refractivity contribution in [2.24, 2.45) is 0 Å². The average Bonchev–Trinajstić information content (AvgIpc) is 2.85. The molecule has 2 aromatic heterocycles. The lowest BCUT2D eigenvalue weighted by molar-refractivity contribution is -0.137. The molecule has 186 valence electrons. The molecule has 4 aromatic rings. The van der Waals surface area contributed by atoms with E-state index in [2.05, 4.69) is 10.3 Å². The van der Waals surface area contributed by atoms with E-state index in [9.17, 15) is 32.4 Å². The molecule has 4 rings (SSSR count). The van der Waals surface area contributed by atoms with E-state index in [1.54, 1.807) is 25.1 Å². The number of ether oxygens (including phenoxy) is 1. The van der Waals surface area contributed by atoms with Crippen LogP contribution >= 0.6 is 0 Å². The summed E-state index contributed by atoms with van der Waals surface area (Å²) in [4.78, 5) is 30.4. The molecule has 0 unspecified atom stereocenters. The van der Waals surface area contributed by atoms with Gasteiger partial charge in [-0.05, 0) is 67.1 Å². The fraction of sp³-hybridized carbons (Fsp3) is 0.0769. The van der Waals surface area contributed by atoms with E-state index in [0.717, 1.165) is 30.3 Å².